The molecule has 0 radical (unpaired) electrons. The van der Waals surface area contributed by atoms with Crippen molar-refractivity contribution in [2.24, 2.45) is 5.41 Å². The minimum Gasteiger partial charge on any atom is -0.355 e. The van der Waals surface area contributed by atoms with Gasteiger partial charge in [-0.2, -0.15) is 0 Å². The third-order valence-electron chi connectivity index (χ3n) is 27.8. The molecule has 1 amide bonds. The minimum atomic E-state index is -0.845. The van der Waals surface area contributed by atoms with Crippen LogP contribution >= 0.6 is 0 Å². The molecule has 30 aromatic carbocycles. The molecule has 1 saturated carbocycles. The largest absolute Gasteiger partial charge is 0.355 e. The van der Waals surface area contributed by atoms with Gasteiger partial charge >= 0.3 is 0 Å². The average Bonchev–Trinajstić information content (AvgIpc) is 1.97. The van der Waals surface area contributed by atoms with Gasteiger partial charge in [-0.05, 0) is 337 Å². The molecule has 0 heterocycles. The normalized spacial score (nSPS) is 22.8. The van der Waals surface area contributed by atoms with Crippen molar-refractivity contribution in [3.8, 4) is 0 Å². The summed E-state index contributed by atoms with van der Waals surface area (Å²) in [4.78, 5) is 17.7. The van der Waals surface area contributed by atoms with E-state index in [2.05, 4.69) is 66.0 Å². The van der Waals surface area contributed by atoms with Gasteiger partial charge < -0.3 is 5.32 Å². The zero-order chi connectivity index (χ0) is 47.6. The summed E-state index contributed by atoms with van der Waals surface area (Å²) in [6.07, 6.45) is 1.51. The molecule has 0 unspecified atom stereocenters. The number of carbonyl (C=O) groups excluding carboxylic acids is 1. The minimum absolute atomic E-state index is 0.280. The summed E-state index contributed by atoms with van der Waals surface area (Å²) in [6.45, 7) is 0.616. The van der Waals surface area contributed by atoms with Gasteiger partial charge in [0.15, 0.2) is 0 Å². The van der Waals surface area contributed by atoms with Gasteiger partial charge in [-0.1, -0.05) is 60.7 Å². The number of amides is 1. The van der Waals surface area contributed by atoms with Gasteiger partial charge in [0.2, 0.25) is 5.91 Å². The number of hydrogen-bond donors (Lipinski definition) is 1. The van der Waals surface area contributed by atoms with Gasteiger partial charge in [0.25, 0.3) is 0 Å². The topological polar surface area (TPSA) is 29.1 Å². The van der Waals surface area contributed by atoms with E-state index in [1.54, 1.807) is 313 Å². The van der Waals surface area contributed by atoms with Crippen molar-refractivity contribution in [2.75, 3.05) is 6.54 Å². The van der Waals surface area contributed by atoms with Gasteiger partial charge in [-0.3, -0.25) is 4.79 Å². The van der Waals surface area contributed by atoms with E-state index in [0.29, 0.717) is 13.0 Å². The van der Waals surface area contributed by atoms with Crippen molar-refractivity contribution in [3.63, 3.8) is 0 Å². The molecule has 0 atom stereocenters. The molecule has 336 valence electrons. The summed E-state index contributed by atoms with van der Waals surface area (Å²) in [5.74, 6) is 0.280. The van der Waals surface area contributed by atoms with Crippen molar-refractivity contribution < 1.29 is 4.79 Å². The molecule has 79 heavy (non-hydrogen) atoms. The highest BCUT2D eigenvalue weighted by molar-refractivity contribution is 6.82. The highest BCUT2D eigenvalue weighted by Gasteiger charge is 2.96. The fraction of sp³-hybridized carbons (Fsp3) is 0.0779. The quantitative estimate of drug-likeness (QED) is 0.165. The maximum Gasteiger partial charge on any atom is 0.229 e. The predicted molar refractivity (Wildman–Crippen MR) is 330 cm³/mol. The molecule has 5 aliphatic carbocycles. The van der Waals surface area contributed by atoms with E-state index in [1.807, 2.05) is 0 Å². The first-order chi connectivity index (χ1) is 39.3. The maximum atomic E-state index is 17.7. The standard InChI is InChI=1S/C77H17NO/c79-74(78-12-11-14-7-3-1-4-8-14)75(13-15-9-5-2-6-10-15)76-70-62-54-44-34-26-18-16-17-20-24-22(18)30-38-32(24)42-36-28(20)29-21(17)25-23-19(16)27(26)35-41-31(23)39-33(25)43-37(29)47-46(36)56-50(42)60-52(38)58(48(54)40(30)34)66(70)68(60)72-64(56)65-57(47)51(43)61-53(39)59-49(41)55(45(35)44)63(62)71(76)67(59)69(61)73(65)77(72,75)76/h1-10H,11-13H2,(H,78,79). The zero-order valence-electron chi connectivity index (χ0n) is 40.8. The smallest absolute Gasteiger partial charge is 0.229 e. The first-order valence-corrected chi connectivity index (χ1v) is 29.4. The Morgan fingerprint density at radius 2 is 0.443 bits per heavy atom. The molecule has 30 aromatic rings. The summed E-state index contributed by atoms with van der Waals surface area (Å²) in [5, 5.41) is 90.1. The van der Waals surface area contributed by atoms with Crippen LogP contribution in [0.1, 0.15) is 33.4 Å². The second-order valence-corrected chi connectivity index (χ2v) is 28.3. The van der Waals surface area contributed by atoms with Crippen LogP contribution in [0.2, 0.25) is 0 Å². The monoisotopic (exact) mass is 971 g/mol. The van der Waals surface area contributed by atoms with Gasteiger partial charge in [0.1, 0.15) is 0 Å². The lowest BCUT2D eigenvalue weighted by atomic mass is 9.68. The first kappa shape index (κ1) is 30.9. The fourth-order valence-corrected chi connectivity index (χ4v) is 27.4. The van der Waals surface area contributed by atoms with Gasteiger partial charge in [0, 0.05) is 6.54 Å². The second kappa shape index (κ2) is 7.36. The molecule has 0 saturated heterocycles. The van der Waals surface area contributed by atoms with Crippen molar-refractivity contribution in [3.05, 3.63) is 94.0 Å². The summed E-state index contributed by atoms with van der Waals surface area (Å²) >= 11 is 0. The SMILES string of the molecule is O=C(NCCc1ccccc1)C1(Cc2ccccc2)C23c4c5c6c7c8c9c(c%10c%11c2c2c4c4c%12c5c5c6c6c8c8c%13c9c9c%10c%10c%11c%11c2c2c4c4c%12c%12c5c5c6c8c6c8c%13c9c9c%10c%10c%11c2c2c4c4c%12c5c6c5c8c9c%10c2c45)C713. The molecule has 0 aliphatic heterocycles. The predicted octanol–water partition coefficient (Wildman–Crippen LogP) is 18.9. The van der Waals surface area contributed by atoms with Crippen LogP contribution in [-0.2, 0) is 28.5 Å². The van der Waals surface area contributed by atoms with E-state index >= 15 is 4.79 Å². The number of carbonyl (C=O) groups is 1. The molecule has 2 heteroatoms. The summed E-state index contributed by atoms with van der Waals surface area (Å²) in [5.41, 5.74) is 6.82. The van der Waals surface area contributed by atoms with E-state index in [-0.39, 0.29) is 5.91 Å². The molecule has 2 spiro atoms. The van der Waals surface area contributed by atoms with E-state index < -0.39 is 16.2 Å². The van der Waals surface area contributed by atoms with Crippen molar-refractivity contribution in [1.82, 2.24) is 5.32 Å². The Bertz CT molecular complexity index is 7330. The van der Waals surface area contributed by atoms with Crippen molar-refractivity contribution in [2.45, 2.75) is 23.7 Å². The van der Waals surface area contributed by atoms with Crippen molar-refractivity contribution >= 4 is 297 Å². The Kier molecular flexibility index (Phi) is 2.88. The molecular formula is C77H17NO. The third kappa shape index (κ3) is 1.77. The average molecular weight is 972 g/mol. The molecular weight excluding hydrogens is 955 g/mol. The molecule has 0 aromatic heterocycles. The lowest BCUT2D eigenvalue weighted by Crippen LogP contribution is -2.40. The van der Waals surface area contributed by atoms with Crippen LogP contribution in [0.25, 0.3) is 291 Å². The van der Waals surface area contributed by atoms with Crippen LogP contribution in [0.4, 0.5) is 0 Å². The highest BCUT2D eigenvalue weighted by atomic mass is 16.2. The first-order valence-electron chi connectivity index (χ1n) is 29.4. The van der Waals surface area contributed by atoms with Crippen LogP contribution in [0.5, 0.6) is 0 Å². The van der Waals surface area contributed by atoms with E-state index in [9.17, 15) is 0 Å². The Morgan fingerprint density at radius 1 is 0.253 bits per heavy atom. The fourth-order valence-electron chi connectivity index (χ4n) is 27.4. The van der Waals surface area contributed by atoms with Crippen LogP contribution in [0.15, 0.2) is 60.7 Å². The Balaban J connectivity index is 1.01. The number of hydrogen-bond acceptors (Lipinski definition) is 1. The lowest BCUT2D eigenvalue weighted by Gasteiger charge is -2.32. The van der Waals surface area contributed by atoms with Crippen LogP contribution in [0.3, 0.4) is 0 Å². The summed E-state index contributed by atoms with van der Waals surface area (Å²) in [7, 11) is 0. The molecule has 2 nitrogen and oxygen atoms in total. The number of benzene rings is 20. The van der Waals surface area contributed by atoms with E-state index in [1.165, 1.54) is 11.1 Å². The van der Waals surface area contributed by atoms with Gasteiger partial charge in [-0.15, -0.1) is 0 Å². The van der Waals surface area contributed by atoms with Crippen LogP contribution < -0.4 is 5.32 Å². The second-order valence-electron chi connectivity index (χ2n) is 28.3. The Labute approximate surface area is 434 Å². The van der Waals surface area contributed by atoms with Crippen LogP contribution in [0, 0.1) is 5.41 Å². The molecule has 5 aliphatic rings. The van der Waals surface area contributed by atoms with Gasteiger partial charge in [-0.25, -0.2) is 0 Å². The van der Waals surface area contributed by atoms with E-state index in [0.717, 1.165) is 6.42 Å². The Hall–Kier alpha value is -9.63. The molecule has 1 N–H and O–H groups in total. The van der Waals surface area contributed by atoms with E-state index in [4.69, 9.17) is 0 Å². The lowest BCUT2D eigenvalue weighted by molar-refractivity contribution is -0.127. The number of nitrogens with one attached hydrogen (secondary N) is 1. The Morgan fingerprint density at radius 3 is 0.658 bits per heavy atom. The van der Waals surface area contributed by atoms with Gasteiger partial charge in [0.05, 0.1) is 16.2 Å². The number of rotatable bonds is 6. The maximum absolute atomic E-state index is 17.7. The molecule has 35 rings (SSSR count). The third-order valence-corrected chi connectivity index (χ3v) is 27.8. The summed E-state index contributed by atoms with van der Waals surface area (Å²) in [6, 6.07) is 22.4. The summed E-state index contributed by atoms with van der Waals surface area (Å²) < 4.78 is 0. The molecule has 0 bridgehead atoms. The van der Waals surface area contributed by atoms with Crippen molar-refractivity contribution in [1.29, 1.82) is 0 Å². The highest BCUT2D eigenvalue weighted by Crippen LogP contribution is 2.96. The molecule has 1 fully saturated rings. The zero-order valence-corrected chi connectivity index (χ0v) is 40.8. The van der Waals surface area contributed by atoms with Crippen LogP contribution in [-0.4, -0.2) is 12.5 Å².